The van der Waals surface area contributed by atoms with E-state index in [1.807, 2.05) is 0 Å². The number of nitrogens with one attached hydrogen (secondary N) is 2. The third-order valence-corrected chi connectivity index (χ3v) is 1.75. The Balaban J connectivity index is 3.38. The van der Waals surface area contributed by atoms with Crippen LogP contribution in [0.3, 0.4) is 0 Å². The summed E-state index contributed by atoms with van der Waals surface area (Å²) in [6, 6.07) is 0. The van der Waals surface area contributed by atoms with Crippen LogP contribution in [-0.2, 0) is 4.79 Å². The zero-order valence-electron chi connectivity index (χ0n) is 9.10. The molecule has 0 fully saturated rings. The Hall–Kier alpha value is -0.820. The highest BCUT2D eigenvalue weighted by Gasteiger charge is 2.27. The first kappa shape index (κ1) is 15.2. The van der Waals surface area contributed by atoms with Crippen molar-refractivity contribution >= 4 is 5.91 Å². The minimum absolute atomic E-state index is 0.143. The largest absolute Gasteiger partial charge is 0.405 e. The molecule has 16 heavy (non-hydrogen) atoms. The molecule has 7 heteroatoms. The van der Waals surface area contributed by atoms with Crippen molar-refractivity contribution in [2.45, 2.75) is 32.0 Å². The average Bonchev–Trinajstić information content (AvgIpc) is 2.12. The maximum absolute atomic E-state index is 11.7. The highest BCUT2D eigenvalue weighted by molar-refractivity contribution is 5.77. The summed E-state index contributed by atoms with van der Waals surface area (Å²) in [7, 11) is 0. The van der Waals surface area contributed by atoms with Crippen LogP contribution in [0.1, 0.15) is 19.8 Å². The van der Waals surface area contributed by atoms with Crippen molar-refractivity contribution < 1.29 is 23.1 Å². The Bertz CT molecular complexity index is 207. The molecule has 0 aliphatic heterocycles. The number of hydrogen-bond donors (Lipinski definition) is 3. The van der Waals surface area contributed by atoms with Gasteiger partial charge in [-0.2, -0.15) is 13.2 Å². The number of halogens is 3. The number of carbonyl (C=O) groups excluding carboxylic acids is 1. The van der Waals surface area contributed by atoms with Crippen molar-refractivity contribution in [2.75, 3.05) is 19.6 Å². The monoisotopic (exact) mass is 242 g/mol. The minimum Gasteiger partial charge on any atom is -0.393 e. The van der Waals surface area contributed by atoms with E-state index in [0.29, 0.717) is 19.4 Å². The molecule has 0 aliphatic carbocycles. The third-order valence-electron chi connectivity index (χ3n) is 1.75. The number of aliphatic hydroxyl groups excluding tert-OH is 1. The van der Waals surface area contributed by atoms with Crippen molar-refractivity contribution in [3.8, 4) is 0 Å². The molecule has 0 saturated heterocycles. The molecule has 0 heterocycles. The lowest BCUT2D eigenvalue weighted by molar-refractivity contribution is -0.137. The molecule has 96 valence electrons. The van der Waals surface area contributed by atoms with Crippen molar-refractivity contribution in [1.29, 1.82) is 0 Å². The van der Waals surface area contributed by atoms with Gasteiger partial charge in [-0.25, -0.2) is 0 Å². The Morgan fingerprint density at radius 3 is 2.56 bits per heavy atom. The lowest BCUT2D eigenvalue weighted by Gasteiger charge is -2.09. The van der Waals surface area contributed by atoms with E-state index in [1.54, 1.807) is 12.2 Å². The van der Waals surface area contributed by atoms with Gasteiger partial charge < -0.3 is 15.7 Å². The number of amides is 1. The molecule has 4 nitrogen and oxygen atoms in total. The molecule has 0 aromatic carbocycles. The lowest BCUT2D eigenvalue weighted by atomic mass is 10.2. The Morgan fingerprint density at radius 2 is 2.06 bits per heavy atom. The molecule has 0 bridgehead atoms. The van der Waals surface area contributed by atoms with Crippen molar-refractivity contribution in [3.63, 3.8) is 0 Å². The zero-order valence-corrected chi connectivity index (χ0v) is 9.10. The van der Waals surface area contributed by atoms with Crippen LogP contribution in [0.5, 0.6) is 0 Å². The Morgan fingerprint density at radius 1 is 1.44 bits per heavy atom. The smallest absolute Gasteiger partial charge is 0.393 e. The molecule has 1 amide bonds. The Kier molecular flexibility index (Phi) is 7.07. The third kappa shape index (κ3) is 11.3. The zero-order chi connectivity index (χ0) is 12.6. The van der Waals surface area contributed by atoms with Gasteiger partial charge in [0.05, 0.1) is 12.6 Å². The van der Waals surface area contributed by atoms with Crippen LogP contribution >= 0.6 is 0 Å². The maximum Gasteiger partial charge on any atom is 0.405 e. The quantitative estimate of drug-likeness (QED) is 0.567. The first-order valence-electron chi connectivity index (χ1n) is 5.03. The van der Waals surface area contributed by atoms with Gasteiger partial charge in [0.1, 0.15) is 6.54 Å². The summed E-state index contributed by atoms with van der Waals surface area (Å²) in [5.74, 6) is -0.686. The summed E-state index contributed by atoms with van der Waals surface area (Å²) in [5, 5.41) is 13.3. The van der Waals surface area contributed by atoms with Gasteiger partial charge in [-0.15, -0.1) is 0 Å². The van der Waals surface area contributed by atoms with Crippen LogP contribution < -0.4 is 10.6 Å². The number of alkyl halides is 3. The fourth-order valence-electron chi connectivity index (χ4n) is 0.986. The standard InChI is InChI=1S/C9H17F3N2O2/c1-7(15)3-2-4-13-5-8(16)14-6-9(10,11)12/h7,13,15H,2-6H2,1H3,(H,14,16). The summed E-state index contributed by atoms with van der Waals surface area (Å²) in [6.45, 7) is 0.692. The van der Waals surface area contributed by atoms with E-state index in [9.17, 15) is 18.0 Å². The molecule has 0 saturated carbocycles. The molecule has 1 atom stereocenters. The second-order valence-corrected chi connectivity index (χ2v) is 3.56. The van der Waals surface area contributed by atoms with Crippen LogP contribution in [0.2, 0.25) is 0 Å². The highest BCUT2D eigenvalue weighted by Crippen LogP contribution is 2.11. The number of aliphatic hydroxyl groups is 1. The molecule has 1 unspecified atom stereocenters. The predicted octanol–water partition coefficient (Wildman–Crippen LogP) is 0.415. The second kappa shape index (κ2) is 7.45. The predicted molar refractivity (Wildman–Crippen MR) is 52.8 cm³/mol. The van der Waals surface area contributed by atoms with Crippen LogP contribution in [0.25, 0.3) is 0 Å². The normalized spacial score (nSPS) is 13.6. The fraction of sp³-hybridized carbons (Fsp3) is 0.889. The van der Waals surface area contributed by atoms with E-state index < -0.39 is 24.7 Å². The van der Waals surface area contributed by atoms with Gasteiger partial charge in [-0.05, 0) is 26.3 Å². The van der Waals surface area contributed by atoms with Crippen molar-refractivity contribution in [3.05, 3.63) is 0 Å². The molecule has 0 radical (unpaired) electrons. The van der Waals surface area contributed by atoms with Gasteiger partial charge in [0.25, 0.3) is 0 Å². The number of hydrogen-bond acceptors (Lipinski definition) is 3. The fourth-order valence-corrected chi connectivity index (χ4v) is 0.986. The second-order valence-electron chi connectivity index (χ2n) is 3.56. The molecular formula is C9H17F3N2O2. The summed E-state index contributed by atoms with van der Waals surface area (Å²) in [4.78, 5) is 10.9. The van der Waals surface area contributed by atoms with Gasteiger partial charge in [0, 0.05) is 0 Å². The minimum atomic E-state index is -4.37. The topological polar surface area (TPSA) is 61.4 Å². The average molecular weight is 242 g/mol. The van der Waals surface area contributed by atoms with Gasteiger partial charge >= 0.3 is 6.18 Å². The van der Waals surface area contributed by atoms with Crippen LogP contribution in [0.15, 0.2) is 0 Å². The molecule has 0 spiro atoms. The maximum atomic E-state index is 11.7. The van der Waals surface area contributed by atoms with Crippen LogP contribution in [0, 0.1) is 0 Å². The molecule has 0 aromatic heterocycles. The van der Waals surface area contributed by atoms with E-state index in [-0.39, 0.29) is 6.54 Å². The van der Waals surface area contributed by atoms with E-state index in [2.05, 4.69) is 5.32 Å². The molecule has 0 aliphatic rings. The van der Waals surface area contributed by atoms with E-state index >= 15 is 0 Å². The Labute approximate surface area is 92.2 Å². The van der Waals surface area contributed by atoms with Crippen molar-refractivity contribution in [2.24, 2.45) is 0 Å². The van der Waals surface area contributed by atoms with E-state index in [4.69, 9.17) is 5.11 Å². The summed E-state index contributed by atoms with van der Waals surface area (Å²) in [5.41, 5.74) is 0. The molecule has 3 N–H and O–H groups in total. The number of rotatable bonds is 7. The number of carbonyl (C=O) groups is 1. The first-order valence-corrected chi connectivity index (χ1v) is 5.03. The van der Waals surface area contributed by atoms with Crippen molar-refractivity contribution in [1.82, 2.24) is 10.6 Å². The lowest BCUT2D eigenvalue weighted by Crippen LogP contribution is -2.39. The first-order chi connectivity index (χ1) is 7.31. The molecule has 0 aromatic rings. The van der Waals surface area contributed by atoms with Crippen LogP contribution in [0.4, 0.5) is 13.2 Å². The van der Waals surface area contributed by atoms with E-state index in [1.165, 1.54) is 0 Å². The SMILES string of the molecule is CC(O)CCCNCC(=O)NCC(F)(F)F. The van der Waals surface area contributed by atoms with Gasteiger partial charge in [-0.3, -0.25) is 4.79 Å². The van der Waals surface area contributed by atoms with Crippen LogP contribution in [-0.4, -0.2) is 42.9 Å². The van der Waals surface area contributed by atoms with Gasteiger partial charge in [0.2, 0.25) is 5.91 Å². The summed E-state index contributed by atoms with van der Waals surface area (Å²) in [6.07, 6.45) is -3.51. The van der Waals surface area contributed by atoms with Gasteiger partial charge in [-0.1, -0.05) is 0 Å². The summed E-state index contributed by atoms with van der Waals surface area (Å²) < 4.78 is 35.1. The molecular weight excluding hydrogens is 225 g/mol. The highest BCUT2D eigenvalue weighted by atomic mass is 19.4. The molecule has 0 rings (SSSR count). The van der Waals surface area contributed by atoms with E-state index in [0.717, 1.165) is 0 Å². The summed E-state index contributed by atoms with van der Waals surface area (Å²) >= 11 is 0. The van der Waals surface area contributed by atoms with Gasteiger partial charge in [0.15, 0.2) is 0 Å².